The van der Waals surface area contributed by atoms with E-state index in [4.69, 9.17) is 9.15 Å². The summed E-state index contributed by atoms with van der Waals surface area (Å²) in [6.07, 6.45) is 0. The SMILES string of the molecule is COc1ccc(Nc2oc(-c3ccccc3)nc2S(=O)(=O)c2ccc(C)cc2)cc1. The van der Waals surface area contributed by atoms with Crippen molar-refractivity contribution in [2.45, 2.75) is 16.8 Å². The molecule has 0 fully saturated rings. The number of aryl methyl sites for hydroxylation is 1. The van der Waals surface area contributed by atoms with Crippen LogP contribution in [0.3, 0.4) is 0 Å². The van der Waals surface area contributed by atoms with E-state index in [0.717, 1.165) is 5.56 Å². The number of rotatable bonds is 6. The first-order valence-corrected chi connectivity index (χ1v) is 10.7. The minimum Gasteiger partial charge on any atom is -0.497 e. The number of oxazole rings is 1. The molecule has 0 unspecified atom stereocenters. The highest BCUT2D eigenvalue weighted by atomic mass is 32.2. The maximum absolute atomic E-state index is 13.3. The molecule has 0 aliphatic rings. The molecule has 0 atom stereocenters. The summed E-state index contributed by atoms with van der Waals surface area (Å²) in [6.45, 7) is 1.90. The predicted octanol–water partition coefficient (Wildman–Crippen LogP) is 5.24. The number of ether oxygens (including phenoxy) is 1. The lowest BCUT2D eigenvalue weighted by molar-refractivity contribution is 0.415. The van der Waals surface area contributed by atoms with Crippen LogP contribution in [-0.4, -0.2) is 20.5 Å². The van der Waals surface area contributed by atoms with Gasteiger partial charge in [0, 0.05) is 11.3 Å². The second-order valence-corrected chi connectivity index (χ2v) is 8.55. The maximum atomic E-state index is 13.3. The van der Waals surface area contributed by atoms with Crippen molar-refractivity contribution in [1.29, 1.82) is 0 Å². The predicted molar refractivity (Wildman–Crippen MR) is 115 cm³/mol. The van der Waals surface area contributed by atoms with Crippen molar-refractivity contribution in [3.05, 3.63) is 84.4 Å². The van der Waals surface area contributed by atoms with Gasteiger partial charge in [-0.1, -0.05) is 35.9 Å². The quantitative estimate of drug-likeness (QED) is 0.460. The van der Waals surface area contributed by atoms with Crippen LogP contribution in [-0.2, 0) is 9.84 Å². The maximum Gasteiger partial charge on any atom is 0.238 e. The van der Waals surface area contributed by atoms with Crippen molar-refractivity contribution < 1.29 is 17.6 Å². The average Bonchev–Trinajstić information content (AvgIpc) is 3.20. The summed E-state index contributed by atoms with van der Waals surface area (Å²) in [7, 11) is -2.32. The van der Waals surface area contributed by atoms with Crippen LogP contribution in [0.4, 0.5) is 11.6 Å². The van der Waals surface area contributed by atoms with Crippen LogP contribution in [0, 0.1) is 6.92 Å². The molecule has 0 amide bonds. The topological polar surface area (TPSA) is 81.4 Å². The van der Waals surface area contributed by atoms with Gasteiger partial charge < -0.3 is 14.5 Å². The summed E-state index contributed by atoms with van der Waals surface area (Å²) in [5.74, 6) is 0.965. The molecular weight excluding hydrogens is 400 g/mol. The van der Waals surface area contributed by atoms with Crippen LogP contribution >= 0.6 is 0 Å². The minimum absolute atomic E-state index is 0.0552. The third-order valence-electron chi connectivity index (χ3n) is 4.55. The zero-order valence-corrected chi connectivity index (χ0v) is 17.3. The van der Waals surface area contributed by atoms with E-state index in [1.807, 2.05) is 37.3 Å². The van der Waals surface area contributed by atoms with E-state index < -0.39 is 9.84 Å². The summed E-state index contributed by atoms with van der Waals surface area (Å²) in [6, 6.07) is 22.9. The zero-order chi connectivity index (χ0) is 21.1. The molecule has 0 aliphatic carbocycles. The Hall–Kier alpha value is -3.58. The molecule has 4 rings (SSSR count). The lowest BCUT2D eigenvalue weighted by Gasteiger charge is -2.07. The molecule has 7 heteroatoms. The van der Waals surface area contributed by atoms with Gasteiger partial charge >= 0.3 is 0 Å². The Labute approximate surface area is 175 Å². The molecule has 0 aliphatic heterocycles. The molecule has 1 N–H and O–H groups in total. The third kappa shape index (κ3) is 3.92. The van der Waals surface area contributed by atoms with Crippen molar-refractivity contribution >= 4 is 21.4 Å². The lowest BCUT2D eigenvalue weighted by atomic mass is 10.2. The van der Waals surface area contributed by atoms with Gasteiger partial charge in [-0.15, -0.1) is 0 Å². The fourth-order valence-electron chi connectivity index (χ4n) is 2.91. The Morgan fingerprint density at radius 3 is 2.20 bits per heavy atom. The number of benzene rings is 3. The molecule has 0 radical (unpaired) electrons. The van der Waals surface area contributed by atoms with Crippen LogP contribution in [0.1, 0.15) is 5.56 Å². The molecular formula is C23H20N2O4S. The van der Waals surface area contributed by atoms with Crippen molar-refractivity contribution in [2.24, 2.45) is 0 Å². The summed E-state index contributed by atoms with van der Waals surface area (Å²) in [4.78, 5) is 4.49. The van der Waals surface area contributed by atoms with Crippen LogP contribution in [0.15, 0.2) is 93.2 Å². The Bertz CT molecular complexity index is 1250. The van der Waals surface area contributed by atoms with Gasteiger partial charge in [0.15, 0.2) is 0 Å². The minimum atomic E-state index is -3.90. The largest absolute Gasteiger partial charge is 0.497 e. The molecule has 0 spiro atoms. The first kappa shape index (κ1) is 19.7. The molecule has 30 heavy (non-hydrogen) atoms. The molecule has 0 bridgehead atoms. The molecule has 4 aromatic rings. The molecule has 0 saturated heterocycles. The van der Waals surface area contributed by atoms with Gasteiger partial charge in [0.25, 0.3) is 0 Å². The van der Waals surface area contributed by atoms with Gasteiger partial charge in [-0.2, -0.15) is 4.98 Å². The number of nitrogens with zero attached hydrogens (tertiary/aromatic N) is 1. The van der Waals surface area contributed by atoms with Gasteiger partial charge in [0.1, 0.15) is 5.75 Å². The van der Waals surface area contributed by atoms with E-state index >= 15 is 0 Å². The third-order valence-corrected chi connectivity index (χ3v) is 6.23. The number of methoxy groups -OCH3 is 1. The first-order chi connectivity index (χ1) is 14.5. The number of nitrogens with one attached hydrogen (secondary N) is 1. The number of hydrogen-bond donors (Lipinski definition) is 1. The van der Waals surface area contributed by atoms with Gasteiger partial charge in [-0.05, 0) is 55.5 Å². The second-order valence-electron chi connectivity index (χ2n) is 6.69. The zero-order valence-electron chi connectivity index (χ0n) is 16.5. The van der Waals surface area contributed by atoms with E-state index in [0.29, 0.717) is 17.0 Å². The Kier molecular flexibility index (Phi) is 5.29. The second kappa shape index (κ2) is 8.04. The van der Waals surface area contributed by atoms with Gasteiger partial charge in [0.2, 0.25) is 26.6 Å². The van der Waals surface area contributed by atoms with Crippen molar-refractivity contribution in [2.75, 3.05) is 12.4 Å². The number of aromatic nitrogens is 1. The van der Waals surface area contributed by atoms with Crippen LogP contribution in [0.2, 0.25) is 0 Å². The van der Waals surface area contributed by atoms with Gasteiger partial charge in [-0.3, -0.25) is 0 Å². The monoisotopic (exact) mass is 420 g/mol. The Morgan fingerprint density at radius 2 is 1.57 bits per heavy atom. The molecule has 3 aromatic carbocycles. The summed E-state index contributed by atoms with van der Waals surface area (Å²) in [5.41, 5.74) is 2.29. The van der Waals surface area contributed by atoms with Crippen LogP contribution < -0.4 is 10.1 Å². The molecule has 0 saturated carbocycles. The fraction of sp³-hybridized carbons (Fsp3) is 0.0870. The normalized spacial score (nSPS) is 11.3. The highest BCUT2D eigenvalue weighted by Crippen LogP contribution is 2.34. The van der Waals surface area contributed by atoms with E-state index in [1.54, 1.807) is 55.6 Å². The standard InChI is InChI=1S/C23H20N2O4S/c1-16-8-14-20(15-9-16)30(26,27)23-22(24-18-10-12-19(28-2)13-11-18)29-21(25-23)17-6-4-3-5-7-17/h3-15,24H,1-2H3. The number of sulfone groups is 1. The summed E-state index contributed by atoms with van der Waals surface area (Å²) >= 11 is 0. The van der Waals surface area contributed by atoms with E-state index in [-0.39, 0.29) is 21.7 Å². The van der Waals surface area contributed by atoms with Gasteiger partial charge in [0.05, 0.1) is 12.0 Å². The number of anilines is 2. The average molecular weight is 420 g/mol. The first-order valence-electron chi connectivity index (χ1n) is 9.26. The Balaban J connectivity index is 1.80. The molecule has 1 heterocycles. The van der Waals surface area contributed by atoms with Crippen molar-refractivity contribution in [1.82, 2.24) is 4.98 Å². The van der Waals surface area contributed by atoms with Crippen molar-refractivity contribution in [3.63, 3.8) is 0 Å². The Morgan fingerprint density at radius 1 is 0.900 bits per heavy atom. The van der Waals surface area contributed by atoms with E-state index in [9.17, 15) is 8.42 Å². The van der Waals surface area contributed by atoms with E-state index in [2.05, 4.69) is 10.3 Å². The fourth-order valence-corrected chi connectivity index (χ4v) is 4.16. The summed E-state index contributed by atoms with van der Waals surface area (Å²) in [5, 5.41) is 2.87. The lowest BCUT2D eigenvalue weighted by Crippen LogP contribution is -2.05. The van der Waals surface area contributed by atoms with E-state index in [1.165, 1.54) is 0 Å². The smallest absolute Gasteiger partial charge is 0.238 e. The molecule has 152 valence electrons. The van der Waals surface area contributed by atoms with Crippen LogP contribution in [0.25, 0.3) is 11.5 Å². The highest BCUT2D eigenvalue weighted by Gasteiger charge is 2.28. The van der Waals surface area contributed by atoms with Crippen LogP contribution in [0.5, 0.6) is 5.75 Å². The summed E-state index contributed by atoms with van der Waals surface area (Å²) < 4.78 is 37.7. The van der Waals surface area contributed by atoms with Gasteiger partial charge in [-0.25, -0.2) is 8.42 Å². The van der Waals surface area contributed by atoms with Crippen molar-refractivity contribution in [3.8, 4) is 17.2 Å². The molecule has 6 nitrogen and oxygen atoms in total. The highest BCUT2D eigenvalue weighted by molar-refractivity contribution is 7.91. The number of hydrogen-bond acceptors (Lipinski definition) is 6. The molecule has 1 aromatic heterocycles.